The summed E-state index contributed by atoms with van der Waals surface area (Å²) in [6.45, 7) is 3.92. The molecule has 0 unspecified atom stereocenters. The second kappa shape index (κ2) is 4.14. The van der Waals surface area contributed by atoms with Crippen LogP contribution in [0.4, 0.5) is 0 Å². The maximum absolute atomic E-state index is 5.10. The van der Waals surface area contributed by atoms with Gasteiger partial charge >= 0.3 is 0 Å². The molecule has 0 spiro atoms. The van der Waals surface area contributed by atoms with Crippen molar-refractivity contribution >= 4 is 23.1 Å². The van der Waals surface area contributed by atoms with E-state index in [0.29, 0.717) is 0 Å². The van der Waals surface area contributed by atoms with E-state index < -0.39 is 0 Å². The summed E-state index contributed by atoms with van der Waals surface area (Å²) in [5, 5.41) is 5.88. The van der Waals surface area contributed by atoms with Crippen LogP contribution in [-0.2, 0) is 5.75 Å². The largest absolute Gasteiger partial charge is 0.360 e. The van der Waals surface area contributed by atoms with E-state index in [9.17, 15) is 0 Å². The van der Waals surface area contributed by atoms with Crippen LogP contribution in [0, 0.1) is 13.8 Å². The Bertz CT molecular complexity index is 382. The third kappa shape index (κ3) is 2.36. The second-order valence-corrected chi connectivity index (χ2v) is 5.06. The van der Waals surface area contributed by atoms with Gasteiger partial charge in [-0.1, -0.05) is 16.9 Å². The molecule has 3 nitrogen and oxygen atoms in total. The van der Waals surface area contributed by atoms with Crippen LogP contribution in [0.5, 0.6) is 0 Å². The van der Waals surface area contributed by atoms with Gasteiger partial charge in [0.15, 0.2) is 4.34 Å². The first-order valence-corrected chi connectivity index (χ1v) is 6.07. The lowest BCUT2D eigenvalue weighted by atomic mass is 10.4. The molecule has 0 bridgehead atoms. The fraction of sp³-hybridized carbons (Fsp3) is 0.333. The average Bonchev–Trinajstić information content (AvgIpc) is 2.72. The van der Waals surface area contributed by atoms with Crippen molar-refractivity contribution in [1.29, 1.82) is 0 Å². The van der Waals surface area contributed by atoms with Gasteiger partial charge in [-0.25, -0.2) is 4.98 Å². The van der Waals surface area contributed by atoms with Crippen molar-refractivity contribution in [3.05, 3.63) is 28.6 Å². The van der Waals surface area contributed by atoms with E-state index >= 15 is 0 Å². The Labute approximate surface area is 90.5 Å². The molecule has 0 amide bonds. The fourth-order valence-electron chi connectivity index (χ4n) is 1.02. The molecule has 14 heavy (non-hydrogen) atoms. The van der Waals surface area contributed by atoms with Gasteiger partial charge in [0.05, 0.1) is 11.4 Å². The highest BCUT2D eigenvalue weighted by Crippen LogP contribution is 2.25. The highest BCUT2D eigenvalue weighted by Gasteiger charge is 2.04. The first kappa shape index (κ1) is 9.73. The van der Waals surface area contributed by atoms with Crippen LogP contribution in [0.15, 0.2) is 20.3 Å². The van der Waals surface area contributed by atoms with Gasteiger partial charge in [0, 0.05) is 17.1 Å². The number of aryl methyl sites for hydroxylation is 2. The molecular formula is C9H10N2OS2. The summed E-state index contributed by atoms with van der Waals surface area (Å²) in [7, 11) is 0. The molecule has 0 aromatic carbocycles. The Kier molecular flexibility index (Phi) is 2.88. The number of thioether (sulfide) groups is 1. The summed E-state index contributed by atoms with van der Waals surface area (Å²) >= 11 is 3.35. The second-order valence-electron chi connectivity index (χ2n) is 2.98. The van der Waals surface area contributed by atoms with Crippen LogP contribution in [0.25, 0.3) is 0 Å². The SMILES string of the molecule is Cc1cc(CSc2nc(C)cs2)on1. The normalized spacial score (nSPS) is 10.7. The number of thiazole rings is 1. The topological polar surface area (TPSA) is 38.9 Å². The molecular weight excluding hydrogens is 216 g/mol. The van der Waals surface area contributed by atoms with Crippen LogP contribution >= 0.6 is 23.1 Å². The predicted molar refractivity (Wildman–Crippen MR) is 57.7 cm³/mol. The van der Waals surface area contributed by atoms with Crippen molar-refractivity contribution in [2.24, 2.45) is 0 Å². The lowest BCUT2D eigenvalue weighted by Gasteiger charge is -1.90. The summed E-state index contributed by atoms with van der Waals surface area (Å²) in [5.41, 5.74) is 2.00. The van der Waals surface area contributed by atoms with E-state index in [1.54, 1.807) is 23.1 Å². The number of hydrogen-bond donors (Lipinski definition) is 0. The molecule has 0 radical (unpaired) electrons. The molecule has 0 atom stereocenters. The lowest BCUT2D eigenvalue weighted by molar-refractivity contribution is 0.391. The lowest BCUT2D eigenvalue weighted by Crippen LogP contribution is -1.75. The predicted octanol–water partition coefficient (Wildman–Crippen LogP) is 3.04. The van der Waals surface area contributed by atoms with Crippen molar-refractivity contribution in [3.8, 4) is 0 Å². The summed E-state index contributed by atoms with van der Waals surface area (Å²) in [4.78, 5) is 4.35. The Morgan fingerprint density at radius 1 is 1.43 bits per heavy atom. The molecule has 5 heteroatoms. The maximum atomic E-state index is 5.10. The molecule has 0 aliphatic heterocycles. The van der Waals surface area contributed by atoms with Crippen molar-refractivity contribution < 1.29 is 4.52 Å². The molecule has 2 rings (SSSR count). The van der Waals surface area contributed by atoms with Crippen molar-refractivity contribution in [2.45, 2.75) is 23.9 Å². The molecule has 0 saturated carbocycles. The molecule has 0 N–H and O–H groups in total. The Morgan fingerprint density at radius 2 is 2.29 bits per heavy atom. The summed E-state index contributed by atoms with van der Waals surface area (Å²) in [6, 6.07) is 1.95. The Balaban J connectivity index is 1.94. The zero-order valence-electron chi connectivity index (χ0n) is 7.98. The fourth-order valence-corrected chi connectivity index (χ4v) is 2.74. The summed E-state index contributed by atoms with van der Waals surface area (Å²) in [6.07, 6.45) is 0. The molecule has 2 aromatic rings. The molecule has 74 valence electrons. The summed E-state index contributed by atoms with van der Waals surface area (Å²) < 4.78 is 6.18. The average molecular weight is 226 g/mol. The van der Waals surface area contributed by atoms with Gasteiger partial charge in [-0.15, -0.1) is 11.3 Å². The van der Waals surface area contributed by atoms with Crippen LogP contribution in [0.1, 0.15) is 17.1 Å². The van der Waals surface area contributed by atoms with E-state index in [1.165, 1.54) is 0 Å². The number of nitrogens with zero attached hydrogens (tertiary/aromatic N) is 2. The number of aromatic nitrogens is 2. The van der Waals surface area contributed by atoms with Crippen molar-refractivity contribution in [1.82, 2.24) is 10.1 Å². The van der Waals surface area contributed by atoms with Gasteiger partial charge in [-0.2, -0.15) is 0 Å². The first-order valence-electron chi connectivity index (χ1n) is 4.21. The highest BCUT2D eigenvalue weighted by atomic mass is 32.2. The van der Waals surface area contributed by atoms with Crippen molar-refractivity contribution in [2.75, 3.05) is 0 Å². The maximum Gasteiger partial charge on any atom is 0.150 e. The molecule has 2 heterocycles. The Morgan fingerprint density at radius 3 is 2.86 bits per heavy atom. The van der Waals surface area contributed by atoms with Gasteiger partial charge < -0.3 is 4.52 Å². The molecule has 0 saturated heterocycles. The van der Waals surface area contributed by atoms with Gasteiger partial charge in [-0.3, -0.25) is 0 Å². The third-order valence-corrected chi connectivity index (χ3v) is 3.77. The van der Waals surface area contributed by atoms with Crippen LogP contribution < -0.4 is 0 Å². The van der Waals surface area contributed by atoms with E-state index in [1.807, 2.05) is 25.3 Å². The minimum Gasteiger partial charge on any atom is -0.360 e. The number of hydrogen-bond acceptors (Lipinski definition) is 5. The minimum absolute atomic E-state index is 0.799. The van der Waals surface area contributed by atoms with Gasteiger partial charge in [0.25, 0.3) is 0 Å². The van der Waals surface area contributed by atoms with Crippen molar-refractivity contribution in [3.63, 3.8) is 0 Å². The van der Waals surface area contributed by atoms with Gasteiger partial charge in [-0.05, 0) is 13.8 Å². The minimum atomic E-state index is 0.799. The smallest absolute Gasteiger partial charge is 0.150 e. The van der Waals surface area contributed by atoms with E-state index in [4.69, 9.17) is 4.52 Å². The monoisotopic (exact) mass is 226 g/mol. The van der Waals surface area contributed by atoms with E-state index in [-0.39, 0.29) is 0 Å². The molecule has 2 aromatic heterocycles. The quantitative estimate of drug-likeness (QED) is 0.754. The Hall–Kier alpha value is -0.810. The summed E-state index contributed by atoms with van der Waals surface area (Å²) in [5.74, 6) is 1.70. The molecule has 0 aliphatic rings. The zero-order valence-corrected chi connectivity index (χ0v) is 9.61. The first-order chi connectivity index (χ1) is 6.74. The van der Waals surface area contributed by atoms with Gasteiger partial charge in [0.1, 0.15) is 5.76 Å². The zero-order chi connectivity index (χ0) is 9.97. The van der Waals surface area contributed by atoms with E-state index in [0.717, 1.165) is 27.2 Å². The highest BCUT2D eigenvalue weighted by molar-refractivity contribution is 8.00. The standard InChI is InChI=1S/C9H10N2OS2/c1-6-3-8(12-11-6)5-14-9-10-7(2)4-13-9/h3-4H,5H2,1-2H3. The molecule has 0 fully saturated rings. The van der Waals surface area contributed by atoms with Crippen LogP contribution in [-0.4, -0.2) is 10.1 Å². The van der Waals surface area contributed by atoms with Crippen LogP contribution in [0.2, 0.25) is 0 Å². The molecule has 0 aliphatic carbocycles. The third-order valence-electron chi connectivity index (χ3n) is 1.61. The number of rotatable bonds is 3. The van der Waals surface area contributed by atoms with Gasteiger partial charge in [0.2, 0.25) is 0 Å². The van der Waals surface area contributed by atoms with E-state index in [2.05, 4.69) is 10.1 Å². The van der Waals surface area contributed by atoms with Crippen LogP contribution in [0.3, 0.4) is 0 Å².